The van der Waals surface area contributed by atoms with Crippen LogP contribution in [0.25, 0.3) is 0 Å². The Bertz CT molecular complexity index is 556. The van der Waals surface area contributed by atoms with Crippen LogP contribution in [0.15, 0.2) is 12.1 Å². The smallest absolute Gasteiger partial charge is 0.151 e. The molecule has 1 aromatic carbocycles. The van der Waals surface area contributed by atoms with Crippen molar-refractivity contribution in [2.24, 2.45) is 0 Å². The fourth-order valence-electron chi connectivity index (χ4n) is 1.28. The van der Waals surface area contributed by atoms with E-state index in [-0.39, 0.29) is 23.6 Å². The van der Waals surface area contributed by atoms with Crippen molar-refractivity contribution in [1.29, 1.82) is 5.26 Å². The first kappa shape index (κ1) is 14.4. The van der Waals surface area contributed by atoms with Crippen molar-refractivity contribution in [2.75, 3.05) is 23.4 Å². The molecule has 0 saturated heterocycles. The summed E-state index contributed by atoms with van der Waals surface area (Å²) >= 11 is 0. The van der Waals surface area contributed by atoms with Gasteiger partial charge in [0.15, 0.2) is 21.5 Å². The maximum atomic E-state index is 13.4. The van der Waals surface area contributed by atoms with E-state index in [2.05, 4.69) is 5.32 Å². The van der Waals surface area contributed by atoms with E-state index in [0.29, 0.717) is 0 Å². The normalized spacial score (nSPS) is 11.0. The summed E-state index contributed by atoms with van der Waals surface area (Å²) in [5, 5.41) is 10.9. The average Bonchev–Trinajstić information content (AvgIpc) is 2.32. The number of halogens is 2. The van der Waals surface area contributed by atoms with Gasteiger partial charge in [0.05, 0.1) is 17.4 Å². The molecule has 0 saturated carbocycles. The van der Waals surface area contributed by atoms with Gasteiger partial charge >= 0.3 is 0 Å². The van der Waals surface area contributed by atoms with Gasteiger partial charge in [-0.3, -0.25) is 0 Å². The molecule has 0 aliphatic carbocycles. The van der Waals surface area contributed by atoms with Crippen LogP contribution >= 0.6 is 0 Å². The van der Waals surface area contributed by atoms with Crippen molar-refractivity contribution < 1.29 is 17.2 Å². The van der Waals surface area contributed by atoms with Gasteiger partial charge in [0, 0.05) is 12.3 Å². The largest absolute Gasteiger partial charge is 0.379 e. The second-order valence-electron chi connectivity index (χ2n) is 3.59. The van der Waals surface area contributed by atoms with Crippen molar-refractivity contribution in [2.45, 2.75) is 6.92 Å². The summed E-state index contributed by atoms with van der Waals surface area (Å²) in [7, 11) is -3.19. The zero-order valence-electron chi connectivity index (χ0n) is 9.70. The maximum absolute atomic E-state index is 13.4. The molecule has 1 aromatic rings. The molecule has 0 spiro atoms. The number of hydrogen-bond acceptors (Lipinski definition) is 4. The monoisotopic (exact) mass is 274 g/mol. The van der Waals surface area contributed by atoms with Crippen LogP contribution in [0.3, 0.4) is 0 Å². The van der Waals surface area contributed by atoms with Gasteiger partial charge in [0.25, 0.3) is 0 Å². The van der Waals surface area contributed by atoms with Crippen molar-refractivity contribution in [1.82, 2.24) is 0 Å². The third-order valence-electron chi connectivity index (χ3n) is 2.33. The molecule has 1 N–H and O–H groups in total. The first-order valence-electron chi connectivity index (χ1n) is 5.23. The minimum Gasteiger partial charge on any atom is -0.379 e. The number of hydrogen-bond donors (Lipinski definition) is 1. The molecule has 18 heavy (non-hydrogen) atoms. The van der Waals surface area contributed by atoms with Gasteiger partial charge in [-0.15, -0.1) is 0 Å². The summed E-state index contributed by atoms with van der Waals surface area (Å²) in [4.78, 5) is 0. The van der Waals surface area contributed by atoms with Crippen LogP contribution < -0.4 is 5.32 Å². The predicted octanol–water partition coefficient (Wildman–Crippen LogP) is 1.68. The Morgan fingerprint density at radius 1 is 1.33 bits per heavy atom. The van der Waals surface area contributed by atoms with E-state index in [0.717, 1.165) is 12.1 Å². The molecule has 0 amide bonds. The maximum Gasteiger partial charge on any atom is 0.151 e. The van der Waals surface area contributed by atoms with Gasteiger partial charge in [-0.25, -0.2) is 17.2 Å². The minimum absolute atomic E-state index is 0.0208. The third-order valence-corrected chi connectivity index (χ3v) is 4.03. The van der Waals surface area contributed by atoms with Crippen LogP contribution in [0, 0.1) is 23.0 Å². The zero-order valence-corrected chi connectivity index (χ0v) is 10.5. The molecule has 0 fully saturated rings. The van der Waals surface area contributed by atoms with E-state index in [1.807, 2.05) is 0 Å². The highest BCUT2D eigenvalue weighted by Crippen LogP contribution is 2.20. The molecule has 7 heteroatoms. The number of sulfone groups is 1. The number of nitrogens with zero attached hydrogens (tertiary/aromatic N) is 1. The molecule has 1 rings (SSSR count). The van der Waals surface area contributed by atoms with Crippen molar-refractivity contribution in [3.8, 4) is 6.07 Å². The first-order valence-corrected chi connectivity index (χ1v) is 7.05. The van der Waals surface area contributed by atoms with E-state index < -0.39 is 27.2 Å². The lowest BCUT2D eigenvalue weighted by molar-refractivity contribution is 0.585. The quantitative estimate of drug-likeness (QED) is 0.887. The average molecular weight is 274 g/mol. The van der Waals surface area contributed by atoms with Crippen LogP contribution in [0.2, 0.25) is 0 Å². The summed E-state index contributed by atoms with van der Waals surface area (Å²) in [5.41, 5.74) is -0.544. The highest BCUT2D eigenvalue weighted by atomic mass is 32.2. The summed E-state index contributed by atoms with van der Waals surface area (Å²) < 4.78 is 49.2. The van der Waals surface area contributed by atoms with Crippen molar-refractivity contribution in [3.05, 3.63) is 29.3 Å². The van der Waals surface area contributed by atoms with Gasteiger partial charge in [-0.1, -0.05) is 6.92 Å². The van der Waals surface area contributed by atoms with Gasteiger partial charge in [0.2, 0.25) is 0 Å². The Morgan fingerprint density at radius 3 is 2.33 bits per heavy atom. The lowest BCUT2D eigenvalue weighted by Crippen LogP contribution is -2.18. The summed E-state index contributed by atoms with van der Waals surface area (Å²) in [5.74, 6) is -2.06. The molecule has 0 atom stereocenters. The molecule has 0 radical (unpaired) electrons. The molecule has 0 heterocycles. The van der Waals surface area contributed by atoms with E-state index in [9.17, 15) is 17.2 Å². The topological polar surface area (TPSA) is 70.0 Å². The molecule has 0 unspecified atom stereocenters. The number of anilines is 1. The van der Waals surface area contributed by atoms with E-state index in [4.69, 9.17) is 5.26 Å². The Kier molecular flexibility index (Phi) is 4.62. The molecule has 0 bridgehead atoms. The van der Waals surface area contributed by atoms with Crippen molar-refractivity contribution >= 4 is 15.5 Å². The van der Waals surface area contributed by atoms with E-state index in [1.54, 1.807) is 6.07 Å². The van der Waals surface area contributed by atoms with Gasteiger partial charge in [-0.05, 0) is 12.1 Å². The third kappa shape index (κ3) is 3.67. The lowest BCUT2D eigenvalue weighted by atomic mass is 10.2. The van der Waals surface area contributed by atoms with Gasteiger partial charge < -0.3 is 5.32 Å². The number of benzene rings is 1. The second-order valence-corrected chi connectivity index (χ2v) is 6.06. The predicted molar refractivity (Wildman–Crippen MR) is 63.9 cm³/mol. The number of nitriles is 1. The SMILES string of the molecule is CCS(=O)(=O)CCNc1c(F)cc(C#N)cc1F. The standard InChI is InChI=1S/C11H12F2N2O2S/c1-2-18(16,17)4-3-15-11-9(12)5-8(7-14)6-10(11)13/h5-6,15H,2-4H2,1H3. The lowest BCUT2D eigenvalue weighted by Gasteiger charge is -2.08. The van der Waals surface area contributed by atoms with Crippen LogP contribution in [-0.2, 0) is 9.84 Å². The Balaban J connectivity index is 2.78. The van der Waals surface area contributed by atoms with Crippen molar-refractivity contribution in [3.63, 3.8) is 0 Å². The number of nitrogens with one attached hydrogen (secondary N) is 1. The molecule has 98 valence electrons. The highest BCUT2D eigenvalue weighted by Gasteiger charge is 2.12. The molecule has 4 nitrogen and oxygen atoms in total. The molecule has 0 aromatic heterocycles. The molecule has 0 aliphatic rings. The molecular weight excluding hydrogens is 262 g/mol. The summed E-state index contributed by atoms with van der Waals surface area (Å²) in [6.07, 6.45) is 0. The van der Waals surface area contributed by atoms with E-state index >= 15 is 0 Å². The fraction of sp³-hybridized carbons (Fsp3) is 0.364. The first-order chi connectivity index (χ1) is 8.39. The van der Waals surface area contributed by atoms with Crippen LogP contribution in [-0.4, -0.2) is 26.5 Å². The Labute approximate surface area is 104 Å². The zero-order chi connectivity index (χ0) is 13.8. The van der Waals surface area contributed by atoms with Crippen LogP contribution in [0.1, 0.15) is 12.5 Å². The Morgan fingerprint density at radius 2 is 1.89 bits per heavy atom. The molecule has 0 aliphatic heterocycles. The molecular formula is C11H12F2N2O2S. The summed E-state index contributed by atoms with van der Waals surface area (Å²) in [6, 6.07) is 3.40. The number of rotatable bonds is 5. The summed E-state index contributed by atoms with van der Waals surface area (Å²) in [6.45, 7) is 1.41. The van der Waals surface area contributed by atoms with E-state index in [1.165, 1.54) is 6.92 Å². The van der Waals surface area contributed by atoms with Gasteiger partial charge in [-0.2, -0.15) is 5.26 Å². The fourth-order valence-corrected chi connectivity index (χ4v) is 1.98. The van der Waals surface area contributed by atoms with Crippen LogP contribution in [0.4, 0.5) is 14.5 Å². The van der Waals surface area contributed by atoms with Gasteiger partial charge in [0.1, 0.15) is 5.69 Å². The van der Waals surface area contributed by atoms with Crippen LogP contribution in [0.5, 0.6) is 0 Å². The highest BCUT2D eigenvalue weighted by molar-refractivity contribution is 7.91. The Hall–Kier alpha value is -1.68. The second kappa shape index (κ2) is 5.78. The minimum atomic E-state index is -3.19.